The van der Waals surface area contributed by atoms with Crippen LogP contribution in [0.3, 0.4) is 0 Å². The monoisotopic (exact) mass is 424 g/mol. The molecule has 0 spiro atoms. The van der Waals surface area contributed by atoms with Crippen molar-refractivity contribution >= 4 is 27.0 Å². The number of fused-ring (bicyclic) bond motifs is 1. The summed E-state index contributed by atoms with van der Waals surface area (Å²) in [5.41, 5.74) is 3.69. The van der Waals surface area contributed by atoms with Crippen LogP contribution in [0.2, 0.25) is 0 Å². The van der Waals surface area contributed by atoms with Gasteiger partial charge in [-0.1, -0.05) is 18.2 Å². The number of nitrogens with zero attached hydrogens (tertiary/aromatic N) is 3. The van der Waals surface area contributed by atoms with Crippen LogP contribution in [0.15, 0.2) is 53.4 Å². The first-order valence-electron chi connectivity index (χ1n) is 9.95. The standard InChI is InChI=1S/C22H24N4O3S/c1-15-16(2)24-21-14-17(8-9-20(21)23-15)22(27)25-18-10-12-26(13-11-18)30(28,29)19-6-4-3-5-7-19/h3-9,14,18H,10-13H2,1-2H3,(H,25,27). The quantitative estimate of drug-likeness (QED) is 0.695. The van der Waals surface area contributed by atoms with Crippen LogP contribution in [-0.4, -0.2) is 47.7 Å². The Hall–Kier alpha value is -2.84. The molecule has 0 unspecified atom stereocenters. The van der Waals surface area contributed by atoms with Gasteiger partial charge in [-0.2, -0.15) is 4.31 Å². The van der Waals surface area contributed by atoms with E-state index < -0.39 is 10.0 Å². The normalized spacial score (nSPS) is 15.9. The maximum atomic E-state index is 12.7. The van der Waals surface area contributed by atoms with E-state index in [1.54, 1.807) is 48.5 Å². The van der Waals surface area contributed by atoms with Gasteiger partial charge in [-0.25, -0.2) is 18.4 Å². The maximum Gasteiger partial charge on any atom is 0.251 e. The van der Waals surface area contributed by atoms with Gasteiger partial charge in [0.1, 0.15) is 0 Å². The lowest BCUT2D eigenvalue weighted by atomic mass is 10.1. The summed E-state index contributed by atoms with van der Waals surface area (Å²) in [4.78, 5) is 22.0. The number of aryl methyl sites for hydroxylation is 2. The van der Waals surface area contributed by atoms with Crippen LogP contribution in [0.5, 0.6) is 0 Å². The van der Waals surface area contributed by atoms with E-state index in [0.717, 1.165) is 16.9 Å². The Morgan fingerprint density at radius 1 is 0.967 bits per heavy atom. The van der Waals surface area contributed by atoms with Crippen LogP contribution in [0.1, 0.15) is 34.6 Å². The Labute approximate surface area is 176 Å². The highest BCUT2D eigenvalue weighted by molar-refractivity contribution is 7.89. The van der Waals surface area contributed by atoms with Gasteiger partial charge in [-0.3, -0.25) is 4.79 Å². The first-order valence-corrected chi connectivity index (χ1v) is 11.4. The molecule has 4 rings (SSSR count). The summed E-state index contributed by atoms with van der Waals surface area (Å²) in [5.74, 6) is -0.179. The van der Waals surface area contributed by atoms with Crippen molar-refractivity contribution in [3.63, 3.8) is 0 Å². The van der Waals surface area contributed by atoms with Crippen LogP contribution in [0, 0.1) is 13.8 Å². The number of nitrogens with one attached hydrogen (secondary N) is 1. The molecule has 7 nitrogen and oxygen atoms in total. The largest absolute Gasteiger partial charge is 0.349 e. The first-order chi connectivity index (χ1) is 14.3. The molecule has 1 aromatic heterocycles. The summed E-state index contributed by atoms with van der Waals surface area (Å²) < 4.78 is 27.0. The van der Waals surface area contributed by atoms with Crippen molar-refractivity contribution in [2.75, 3.05) is 13.1 Å². The van der Waals surface area contributed by atoms with Crippen LogP contribution < -0.4 is 5.32 Å². The van der Waals surface area contributed by atoms with Gasteiger partial charge in [0.15, 0.2) is 0 Å². The van der Waals surface area contributed by atoms with Crippen LogP contribution in [0.25, 0.3) is 11.0 Å². The minimum absolute atomic E-state index is 0.0683. The second-order valence-corrected chi connectivity index (χ2v) is 9.50. The number of benzene rings is 2. The van der Waals surface area contributed by atoms with Gasteiger partial charge >= 0.3 is 0 Å². The first kappa shape index (κ1) is 20.4. The second kappa shape index (κ2) is 8.12. The fourth-order valence-electron chi connectivity index (χ4n) is 3.62. The molecule has 1 amide bonds. The predicted molar refractivity (Wildman–Crippen MR) is 115 cm³/mol. The number of rotatable bonds is 4. The Kier molecular flexibility index (Phi) is 5.53. The topological polar surface area (TPSA) is 92.3 Å². The van der Waals surface area contributed by atoms with E-state index in [1.165, 1.54) is 4.31 Å². The van der Waals surface area contributed by atoms with Crippen molar-refractivity contribution in [3.8, 4) is 0 Å². The lowest BCUT2D eigenvalue weighted by Crippen LogP contribution is -2.46. The summed E-state index contributed by atoms with van der Waals surface area (Å²) in [6.07, 6.45) is 1.15. The number of hydrogen-bond donors (Lipinski definition) is 1. The van der Waals surface area contributed by atoms with E-state index in [2.05, 4.69) is 15.3 Å². The lowest BCUT2D eigenvalue weighted by Gasteiger charge is -2.31. The lowest BCUT2D eigenvalue weighted by molar-refractivity contribution is 0.0924. The number of aromatic nitrogens is 2. The number of carbonyl (C=O) groups is 1. The third-order valence-corrected chi connectivity index (χ3v) is 7.42. The summed E-state index contributed by atoms with van der Waals surface area (Å²) in [6, 6.07) is 13.7. The molecule has 30 heavy (non-hydrogen) atoms. The fourth-order valence-corrected chi connectivity index (χ4v) is 5.11. The molecule has 1 saturated heterocycles. The third-order valence-electron chi connectivity index (χ3n) is 5.51. The van der Waals surface area contributed by atoms with E-state index in [4.69, 9.17) is 0 Å². The van der Waals surface area contributed by atoms with E-state index in [9.17, 15) is 13.2 Å². The van der Waals surface area contributed by atoms with E-state index in [-0.39, 0.29) is 11.9 Å². The zero-order valence-electron chi connectivity index (χ0n) is 17.0. The second-order valence-electron chi connectivity index (χ2n) is 7.56. The van der Waals surface area contributed by atoms with Gasteiger partial charge < -0.3 is 5.32 Å². The molecular weight excluding hydrogens is 400 g/mol. The molecule has 2 heterocycles. The number of sulfonamides is 1. The molecule has 1 N–H and O–H groups in total. The fraction of sp³-hybridized carbons (Fsp3) is 0.318. The zero-order chi connectivity index (χ0) is 21.3. The molecule has 3 aromatic rings. The Balaban J connectivity index is 1.41. The molecule has 8 heteroatoms. The molecule has 0 radical (unpaired) electrons. The highest BCUT2D eigenvalue weighted by atomic mass is 32.2. The van der Waals surface area contributed by atoms with Crippen LogP contribution >= 0.6 is 0 Å². The molecule has 156 valence electrons. The highest BCUT2D eigenvalue weighted by Gasteiger charge is 2.30. The minimum atomic E-state index is -3.49. The molecule has 0 atom stereocenters. The van der Waals surface area contributed by atoms with E-state index >= 15 is 0 Å². The Morgan fingerprint density at radius 3 is 2.27 bits per heavy atom. The van der Waals surface area contributed by atoms with E-state index in [0.29, 0.717) is 41.9 Å². The van der Waals surface area contributed by atoms with Gasteiger partial charge in [0.05, 0.1) is 27.3 Å². The highest BCUT2D eigenvalue weighted by Crippen LogP contribution is 2.21. The summed E-state index contributed by atoms with van der Waals surface area (Å²) >= 11 is 0. The van der Waals surface area contributed by atoms with Gasteiger partial charge in [0.2, 0.25) is 10.0 Å². The third kappa shape index (κ3) is 4.06. The average molecular weight is 425 g/mol. The van der Waals surface area contributed by atoms with Crippen LogP contribution in [-0.2, 0) is 10.0 Å². The minimum Gasteiger partial charge on any atom is -0.349 e. The SMILES string of the molecule is Cc1nc2ccc(C(=O)NC3CCN(S(=O)(=O)c4ccccc4)CC3)cc2nc1C. The van der Waals surface area contributed by atoms with Crippen LogP contribution in [0.4, 0.5) is 0 Å². The average Bonchev–Trinajstić information content (AvgIpc) is 2.75. The summed E-state index contributed by atoms with van der Waals surface area (Å²) in [7, 11) is -3.49. The maximum absolute atomic E-state index is 12.7. The number of carbonyl (C=O) groups excluding carboxylic acids is 1. The molecule has 0 bridgehead atoms. The summed E-state index contributed by atoms with van der Waals surface area (Å²) in [6.45, 7) is 4.56. The Bertz CT molecular complexity index is 1190. The van der Waals surface area contributed by atoms with E-state index in [1.807, 2.05) is 13.8 Å². The van der Waals surface area contributed by atoms with Gasteiger partial charge in [0.25, 0.3) is 5.91 Å². The zero-order valence-corrected chi connectivity index (χ0v) is 17.8. The smallest absolute Gasteiger partial charge is 0.251 e. The number of piperidine rings is 1. The van der Waals surface area contributed by atoms with Crippen molar-refractivity contribution in [3.05, 3.63) is 65.5 Å². The number of hydrogen-bond acceptors (Lipinski definition) is 5. The van der Waals surface area contributed by atoms with Gasteiger partial charge in [-0.05, 0) is 57.0 Å². The molecule has 1 aliphatic rings. The number of amides is 1. The van der Waals surface area contributed by atoms with Crippen molar-refractivity contribution in [2.45, 2.75) is 37.6 Å². The predicted octanol–water partition coefficient (Wildman–Crippen LogP) is 2.83. The molecule has 2 aromatic carbocycles. The van der Waals surface area contributed by atoms with Crippen molar-refractivity contribution in [1.82, 2.24) is 19.6 Å². The van der Waals surface area contributed by atoms with Crippen molar-refractivity contribution < 1.29 is 13.2 Å². The van der Waals surface area contributed by atoms with Crippen molar-refractivity contribution in [1.29, 1.82) is 0 Å². The van der Waals surface area contributed by atoms with Crippen molar-refractivity contribution in [2.24, 2.45) is 0 Å². The van der Waals surface area contributed by atoms with Gasteiger partial charge in [0, 0.05) is 24.7 Å². The molecule has 1 fully saturated rings. The molecule has 1 aliphatic heterocycles. The molecular formula is C22H24N4O3S. The Morgan fingerprint density at radius 2 is 1.60 bits per heavy atom. The van der Waals surface area contributed by atoms with Gasteiger partial charge in [-0.15, -0.1) is 0 Å². The summed E-state index contributed by atoms with van der Waals surface area (Å²) in [5, 5.41) is 3.03. The molecule has 0 saturated carbocycles. The molecule has 0 aliphatic carbocycles.